The normalized spacial score (nSPS) is 15.8. The molecule has 0 atom stereocenters. The van der Waals surface area contributed by atoms with E-state index < -0.39 is 10.0 Å². The fraction of sp³-hybridized carbons (Fsp3) is 0.500. The van der Waals surface area contributed by atoms with Gasteiger partial charge in [-0.25, -0.2) is 8.42 Å². The Balaban J connectivity index is 2.35. The van der Waals surface area contributed by atoms with Gasteiger partial charge in [0.15, 0.2) is 0 Å². The van der Waals surface area contributed by atoms with E-state index in [0.717, 1.165) is 12.8 Å². The summed E-state index contributed by atoms with van der Waals surface area (Å²) in [6.07, 6.45) is 3.34. The average molecular weight is 293 g/mol. The largest absolute Gasteiger partial charge is 0.399 e. The third-order valence-electron chi connectivity index (χ3n) is 3.78. The van der Waals surface area contributed by atoms with Gasteiger partial charge in [0.1, 0.15) is 11.0 Å². The Morgan fingerprint density at radius 2 is 2.15 bits per heavy atom. The van der Waals surface area contributed by atoms with E-state index in [2.05, 4.69) is 0 Å². The van der Waals surface area contributed by atoms with Gasteiger partial charge in [-0.1, -0.05) is 13.3 Å². The molecule has 108 valence electrons. The van der Waals surface area contributed by atoms with Crippen LogP contribution < -0.4 is 5.73 Å². The Bertz CT molecular complexity index is 630. The highest BCUT2D eigenvalue weighted by Crippen LogP contribution is 2.30. The third-order valence-corrected chi connectivity index (χ3v) is 5.78. The highest BCUT2D eigenvalue weighted by atomic mass is 32.2. The Kier molecular flexibility index (Phi) is 4.31. The number of anilines is 1. The van der Waals surface area contributed by atoms with Crippen molar-refractivity contribution < 1.29 is 8.42 Å². The number of nitrogens with two attached hydrogens (primary N) is 1. The lowest BCUT2D eigenvalue weighted by Crippen LogP contribution is -2.37. The Labute approximate surface area is 120 Å². The number of benzene rings is 1. The molecule has 0 spiro atoms. The van der Waals surface area contributed by atoms with E-state index in [1.807, 2.05) is 13.0 Å². The summed E-state index contributed by atoms with van der Waals surface area (Å²) in [7, 11) is -3.63. The fourth-order valence-electron chi connectivity index (χ4n) is 2.36. The lowest BCUT2D eigenvalue weighted by atomic mass is 9.85. The standard InChI is InChI=1S/C14H19N3O2S/c1-2-17(10-11-4-3-5-11)20(18,19)14-7-6-13(16)8-12(14)9-15/h6-8,11H,2-5,10,16H2,1H3. The van der Waals surface area contributed by atoms with E-state index in [4.69, 9.17) is 11.0 Å². The van der Waals surface area contributed by atoms with Gasteiger partial charge in [-0.05, 0) is 37.0 Å². The molecule has 1 saturated carbocycles. The summed E-state index contributed by atoms with van der Waals surface area (Å²) in [5.74, 6) is 0.448. The van der Waals surface area contributed by atoms with Gasteiger partial charge in [0, 0.05) is 18.8 Å². The molecule has 0 aliphatic heterocycles. The molecule has 0 saturated heterocycles. The van der Waals surface area contributed by atoms with Gasteiger partial charge in [-0.3, -0.25) is 0 Å². The van der Waals surface area contributed by atoms with Crippen molar-refractivity contribution >= 4 is 15.7 Å². The predicted molar refractivity (Wildman–Crippen MR) is 77.3 cm³/mol. The number of nitriles is 1. The number of sulfonamides is 1. The van der Waals surface area contributed by atoms with Crippen LogP contribution in [-0.2, 0) is 10.0 Å². The molecule has 0 aromatic heterocycles. The highest BCUT2D eigenvalue weighted by molar-refractivity contribution is 7.89. The molecule has 6 heteroatoms. The molecule has 5 nitrogen and oxygen atoms in total. The molecule has 0 bridgehead atoms. The first-order valence-corrected chi connectivity index (χ1v) is 8.22. The monoisotopic (exact) mass is 293 g/mol. The highest BCUT2D eigenvalue weighted by Gasteiger charge is 2.30. The van der Waals surface area contributed by atoms with Crippen molar-refractivity contribution in [3.05, 3.63) is 23.8 Å². The molecule has 2 N–H and O–H groups in total. The molecule has 0 heterocycles. The second-order valence-corrected chi connectivity index (χ2v) is 7.03. The summed E-state index contributed by atoms with van der Waals surface area (Å²) in [5.41, 5.74) is 6.11. The van der Waals surface area contributed by atoms with E-state index >= 15 is 0 Å². The summed E-state index contributed by atoms with van der Waals surface area (Å²) in [6, 6.07) is 6.27. The number of nitrogen functional groups attached to an aromatic ring is 1. The van der Waals surface area contributed by atoms with Crippen molar-refractivity contribution in [2.75, 3.05) is 18.8 Å². The lowest BCUT2D eigenvalue weighted by Gasteiger charge is -2.31. The first kappa shape index (κ1) is 14.8. The molecule has 0 radical (unpaired) electrons. The molecule has 0 unspecified atom stereocenters. The van der Waals surface area contributed by atoms with Gasteiger partial charge < -0.3 is 5.73 Å². The van der Waals surface area contributed by atoms with Crippen molar-refractivity contribution in [3.63, 3.8) is 0 Å². The van der Waals surface area contributed by atoms with Crippen LogP contribution in [0.4, 0.5) is 5.69 Å². The third kappa shape index (κ3) is 2.79. The molecule has 1 aromatic rings. The summed E-state index contributed by atoms with van der Waals surface area (Å²) in [4.78, 5) is 0.0513. The van der Waals surface area contributed by atoms with Crippen molar-refractivity contribution in [3.8, 4) is 6.07 Å². The smallest absolute Gasteiger partial charge is 0.244 e. The van der Waals surface area contributed by atoms with Crippen LogP contribution in [0.2, 0.25) is 0 Å². The second-order valence-electron chi connectivity index (χ2n) is 5.12. The maximum atomic E-state index is 12.7. The molecule has 2 rings (SSSR count). The second kappa shape index (κ2) is 5.81. The maximum absolute atomic E-state index is 12.7. The molecule has 1 aromatic carbocycles. The quantitative estimate of drug-likeness (QED) is 0.841. The zero-order valence-corrected chi connectivity index (χ0v) is 12.4. The summed E-state index contributed by atoms with van der Waals surface area (Å²) < 4.78 is 26.8. The molecule has 1 aliphatic carbocycles. The van der Waals surface area contributed by atoms with Crippen LogP contribution in [0.1, 0.15) is 31.7 Å². The zero-order valence-electron chi connectivity index (χ0n) is 11.5. The van der Waals surface area contributed by atoms with E-state index in [9.17, 15) is 8.42 Å². The van der Waals surface area contributed by atoms with Gasteiger partial charge in [-0.2, -0.15) is 9.57 Å². The SMILES string of the molecule is CCN(CC1CCC1)S(=O)(=O)c1ccc(N)cc1C#N. The van der Waals surface area contributed by atoms with Crippen molar-refractivity contribution in [2.24, 2.45) is 5.92 Å². The molecular weight excluding hydrogens is 274 g/mol. The van der Waals surface area contributed by atoms with Gasteiger partial charge in [0.2, 0.25) is 10.0 Å². The molecule has 1 fully saturated rings. The van der Waals surface area contributed by atoms with Crippen LogP contribution in [-0.4, -0.2) is 25.8 Å². The zero-order chi connectivity index (χ0) is 14.8. The van der Waals surface area contributed by atoms with Gasteiger partial charge >= 0.3 is 0 Å². The van der Waals surface area contributed by atoms with Crippen molar-refractivity contribution in [2.45, 2.75) is 31.1 Å². The maximum Gasteiger partial charge on any atom is 0.244 e. The Hall–Kier alpha value is -1.58. The molecule has 20 heavy (non-hydrogen) atoms. The molecule has 1 aliphatic rings. The Morgan fingerprint density at radius 1 is 1.45 bits per heavy atom. The fourth-order valence-corrected chi connectivity index (χ4v) is 4.01. The van der Waals surface area contributed by atoms with Crippen LogP contribution in [0.3, 0.4) is 0 Å². The molecular formula is C14H19N3O2S. The summed E-state index contributed by atoms with van der Waals surface area (Å²) in [6.45, 7) is 2.77. The lowest BCUT2D eigenvalue weighted by molar-refractivity contribution is 0.250. The molecule has 0 amide bonds. The van der Waals surface area contributed by atoms with Crippen LogP contribution in [0, 0.1) is 17.2 Å². The van der Waals surface area contributed by atoms with Gasteiger partial charge in [0.05, 0.1) is 5.56 Å². The van der Waals surface area contributed by atoms with Crippen LogP contribution >= 0.6 is 0 Å². The first-order chi connectivity index (χ1) is 9.48. The van der Waals surface area contributed by atoms with Crippen LogP contribution in [0.5, 0.6) is 0 Å². The van der Waals surface area contributed by atoms with E-state index in [0.29, 0.717) is 24.7 Å². The number of rotatable bonds is 5. The number of hydrogen-bond donors (Lipinski definition) is 1. The minimum Gasteiger partial charge on any atom is -0.399 e. The topological polar surface area (TPSA) is 87.2 Å². The van der Waals surface area contributed by atoms with E-state index in [1.54, 1.807) is 0 Å². The first-order valence-electron chi connectivity index (χ1n) is 6.78. The van der Waals surface area contributed by atoms with Crippen LogP contribution in [0.25, 0.3) is 0 Å². The minimum absolute atomic E-state index is 0.0513. The number of hydrogen-bond acceptors (Lipinski definition) is 4. The van der Waals surface area contributed by atoms with Gasteiger partial charge in [-0.15, -0.1) is 0 Å². The summed E-state index contributed by atoms with van der Waals surface area (Å²) >= 11 is 0. The summed E-state index contributed by atoms with van der Waals surface area (Å²) in [5, 5.41) is 9.11. The van der Waals surface area contributed by atoms with Crippen LogP contribution in [0.15, 0.2) is 23.1 Å². The number of nitrogens with zero attached hydrogens (tertiary/aromatic N) is 2. The Morgan fingerprint density at radius 3 is 2.65 bits per heavy atom. The van der Waals surface area contributed by atoms with Crippen molar-refractivity contribution in [1.82, 2.24) is 4.31 Å². The van der Waals surface area contributed by atoms with Crippen molar-refractivity contribution in [1.29, 1.82) is 5.26 Å². The minimum atomic E-state index is -3.63. The predicted octanol–water partition coefficient (Wildman–Crippen LogP) is 1.95. The van der Waals surface area contributed by atoms with Gasteiger partial charge in [0.25, 0.3) is 0 Å². The van der Waals surface area contributed by atoms with E-state index in [1.165, 1.54) is 28.9 Å². The average Bonchev–Trinajstić information content (AvgIpc) is 2.36. The van der Waals surface area contributed by atoms with E-state index in [-0.39, 0.29) is 10.5 Å².